The molecule has 0 fully saturated rings. The third-order valence-electron chi connectivity index (χ3n) is 7.57. The van der Waals surface area contributed by atoms with Crippen molar-refractivity contribution in [2.45, 2.75) is 46.1 Å². The number of sulfonamides is 1. The van der Waals surface area contributed by atoms with E-state index in [1.807, 2.05) is 40.7 Å². The minimum absolute atomic E-state index is 0.196. The number of aromatic nitrogens is 2. The Hall–Kier alpha value is -4.78. The normalized spacial score (nSPS) is 14.9. The number of ether oxygens (including phenoxy) is 1. The maximum Gasteiger partial charge on any atom is 0.255 e. The monoisotopic (exact) mass is 633 g/mol. The van der Waals surface area contributed by atoms with Gasteiger partial charge in [-0.2, -0.15) is 10.2 Å². The third-order valence-corrected chi connectivity index (χ3v) is 8.17. The van der Waals surface area contributed by atoms with Gasteiger partial charge in [-0.25, -0.2) is 22.5 Å². The molecule has 1 amide bonds. The Labute approximate surface area is 262 Å². The van der Waals surface area contributed by atoms with Crippen molar-refractivity contribution in [1.82, 2.24) is 9.78 Å². The number of rotatable bonds is 8. The van der Waals surface area contributed by atoms with Gasteiger partial charge < -0.3 is 10.1 Å². The molecule has 4 aromatic rings. The Balaban J connectivity index is 1.39. The number of aryl methyl sites for hydroxylation is 1. The smallest absolute Gasteiger partial charge is 0.255 e. The van der Waals surface area contributed by atoms with Gasteiger partial charge >= 0.3 is 0 Å². The molecule has 0 saturated carbocycles. The van der Waals surface area contributed by atoms with Crippen LogP contribution in [-0.4, -0.2) is 44.0 Å². The van der Waals surface area contributed by atoms with Crippen molar-refractivity contribution in [3.05, 3.63) is 94.6 Å². The molecule has 1 atom stereocenters. The van der Waals surface area contributed by atoms with Crippen LogP contribution >= 0.6 is 0 Å². The van der Waals surface area contributed by atoms with Gasteiger partial charge in [-0.15, -0.1) is 0 Å². The van der Waals surface area contributed by atoms with Gasteiger partial charge in [-0.05, 0) is 78.9 Å². The predicted molar refractivity (Wildman–Crippen MR) is 172 cm³/mol. The number of benzene rings is 3. The van der Waals surface area contributed by atoms with Gasteiger partial charge in [-0.1, -0.05) is 32.1 Å². The first kappa shape index (κ1) is 31.6. The van der Waals surface area contributed by atoms with Crippen LogP contribution in [0.2, 0.25) is 0 Å². The third kappa shape index (κ3) is 6.83. The van der Waals surface area contributed by atoms with E-state index in [0.717, 1.165) is 34.3 Å². The fourth-order valence-corrected chi connectivity index (χ4v) is 5.69. The Kier molecular flexibility index (Phi) is 8.41. The Bertz CT molecular complexity index is 1900. The second-order valence-electron chi connectivity index (χ2n) is 12.1. The van der Waals surface area contributed by atoms with Crippen molar-refractivity contribution in [3.63, 3.8) is 0 Å². The molecule has 45 heavy (non-hydrogen) atoms. The average Bonchev–Trinajstić information content (AvgIpc) is 3.59. The summed E-state index contributed by atoms with van der Waals surface area (Å²) in [6.45, 7) is 10.3. The Morgan fingerprint density at radius 3 is 2.38 bits per heavy atom. The van der Waals surface area contributed by atoms with Crippen LogP contribution < -0.4 is 19.8 Å². The Morgan fingerprint density at radius 2 is 1.73 bits per heavy atom. The number of methoxy groups -OCH3 is 1. The van der Waals surface area contributed by atoms with Gasteiger partial charge in [0.05, 0.1) is 48.9 Å². The molecule has 11 nitrogen and oxygen atoms in total. The van der Waals surface area contributed by atoms with E-state index in [1.54, 1.807) is 52.3 Å². The first-order chi connectivity index (χ1) is 21.1. The van der Waals surface area contributed by atoms with E-state index in [2.05, 4.69) is 25.5 Å². The standard InChI is InChI=1S/C32H36FN7O4S/c1-19-8-9-21(31(41)35-26-15-22(32(3,4)5)16-27(30(26)44-6)37-45(7,42)43)14-29(19)39-18-28(36-38-39)25-17-34-40(20(25)2)24-12-10-23(33)11-13-24/h8-17,28,37H,18H2,1-7H3,(H,35,41). The number of nitrogens with zero attached hydrogens (tertiary/aromatic N) is 5. The van der Waals surface area contributed by atoms with Crippen molar-refractivity contribution < 1.29 is 22.3 Å². The van der Waals surface area contributed by atoms with Crippen LogP contribution in [0, 0.1) is 19.7 Å². The van der Waals surface area contributed by atoms with Crippen molar-refractivity contribution >= 4 is 33.0 Å². The van der Waals surface area contributed by atoms with Crippen LogP contribution in [-0.2, 0) is 15.4 Å². The number of nitrogens with one attached hydrogen (secondary N) is 2. The number of anilines is 3. The molecular formula is C32H36FN7O4S. The number of carbonyl (C=O) groups is 1. The van der Waals surface area contributed by atoms with E-state index in [9.17, 15) is 17.6 Å². The molecule has 2 N–H and O–H groups in total. The molecule has 0 radical (unpaired) electrons. The zero-order chi connectivity index (χ0) is 32.7. The number of carbonyl (C=O) groups excluding carboxylic acids is 1. The largest absolute Gasteiger partial charge is 0.492 e. The van der Waals surface area contributed by atoms with E-state index in [0.29, 0.717) is 23.5 Å². The molecule has 13 heteroatoms. The van der Waals surface area contributed by atoms with Crippen LogP contribution in [0.3, 0.4) is 0 Å². The topological polar surface area (TPSA) is 130 Å². The molecule has 0 aliphatic carbocycles. The molecule has 1 aliphatic rings. The lowest BCUT2D eigenvalue weighted by Gasteiger charge is -2.24. The second kappa shape index (κ2) is 12.0. The van der Waals surface area contributed by atoms with E-state index in [1.165, 1.54) is 19.2 Å². The predicted octanol–water partition coefficient (Wildman–Crippen LogP) is 6.49. The van der Waals surface area contributed by atoms with E-state index in [-0.39, 0.29) is 28.7 Å². The van der Waals surface area contributed by atoms with Crippen LogP contribution in [0.4, 0.5) is 21.5 Å². The van der Waals surface area contributed by atoms with Gasteiger partial charge in [0, 0.05) is 16.8 Å². The van der Waals surface area contributed by atoms with Gasteiger partial charge in [0.25, 0.3) is 5.91 Å². The van der Waals surface area contributed by atoms with Gasteiger partial charge in [-0.3, -0.25) is 9.52 Å². The SMILES string of the molecule is COc1c(NC(=O)c2ccc(C)c(N3CC(c4cnn(-c5ccc(F)cc5)c4C)N=N3)c2)cc(C(C)(C)C)cc1NS(C)(=O)=O. The molecule has 2 heterocycles. The number of amides is 1. The van der Waals surface area contributed by atoms with E-state index in [4.69, 9.17) is 4.74 Å². The molecule has 0 bridgehead atoms. The van der Waals surface area contributed by atoms with Crippen molar-refractivity contribution in [2.75, 3.05) is 35.0 Å². The maximum atomic E-state index is 13.6. The molecule has 1 aliphatic heterocycles. The first-order valence-electron chi connectivity index (χ1n) is 14.3. The lowest BCUT2D eigenvalue weighted by Crippen LogP contribution is -2.20. The lowest BCUT2D eigenvalue weighted by molar-refractivity contribution is 0.102. The summed E-state index contributed by atoms with van der Waals surface area (Å²) in [7, 11) is -2.20. The fraction of sp³-hybridized carbons (Fsp3) is 0.312. The van der Waals surface area contributed by atoms with Gasteiger partial charge in [0.15, 0.2) is 5.75 Å². The van der Waals surface area contributed by atoms with Gasteiger partial charge in [0.2, 0.25) is 10.0 Å². The van der Waals surface area contributed by atoms with Crippen LogP contribution in [0.25, 0.3) is 5.69 Å². The van der Waals surface area contributed by atoms with Gasteiger partial charge in [0.1, 0.15) is 11.9 Å². The zero-order valence-corrected chi connectivity index (χ0v) is 27.0. The molecule has 236 valence electrons. The summed E-state index contributed by atoms with van der Waals surface area (Å²) in [5.74, 6) is -0.529. The minimum atomic E-state index is -3.62. The first-order valence-corrected chi connectivity index (χ1v) is 16.1. The molecule has 5 rings (SSSR count). The zero-order valence-electron chi connectivity index (χ0n) is 26.2. The molecular weight excluding hydrogens is 597 g/mol. The van der Waals surface area contributed by atoms with E-state index >= 15 is 0 Å². The van der Waals surface area contributed by atoms with Crippen molar-refractivity contribution in [1.29, 1.82) is 0 Å². The molecule has 0 spiro atoms. The maximum absolute atomic E-state index is 13.6. The average molecular weight is 634 g/mol. The lowest BCUT2D eigenvalue weighted by atomic mass is 9.86. The molecule has 1 unspecified atom stereocenters. The van der Waals surface area contributed by atoms with E-state index < -0.39 is 15.9 Å². The molecule has 3 aromatic carbocycles. The van der Waals surface area contributed by atoms with Crippen molar-refractivity contribution in [3.8, 4) is 11.4 Å². The van der Waals surface area contributed by atoms with Crippen LogP contribution in [0.1, 0.15) is 59.6 Å². The minimum Gasteiger partial charge on any atom is -0.492 e. The number of halogens is 1. The summed E-state index contributed by atoms with van der Waals surface area (Å²) in [5, 5.41) is 18.0. The summed E-state index contributed by atoms with van der Waals surface area (Å²) in [6, 6.07) is 14.6. The summed E-state index contributed by atoms with van der Waals surface area (Å²) < 4.78 is 47.4. The highest BCUT2D eigenvalue weighted by Gasteiger charge is 2.28. The highest BCUT2D eigenvalue weighted by molar-refractivity contribution is 7.92. The highest BCUT2D eigenvalue weighted by atomic mass is 32.2. The van der Waals surface area contributed by atoms with Crippen molar-refractivity contribution in [2.24, 2.45) is 10.3 Å². The molecule has 1 aromatic heterocycles. The second-order valence-corrected chi connectivity index (χ2v) is 13.8. The quantitative estimate of drug-likeness (QED) is 0.228. The summed E-state index contributed by atoms with van der Waals surface area (Å²) >= 11 is 0. The highest BCUT2D eigenvalue weighted by Crippen LogP contribution is 2.40. The Morgan fingerprint density at radius 1 is 1.04 bits per heavy atom. The number of hydrogen-bond donors (Lipinski definition) is 2. The summed E-state index contributed by atoms with van der Waals surface area (Å²) in [4.78, 5) is 13.6. The summed E-state index contributed by atoms with van der Waals surface area (Å²) in [6.07, 6.45) is 2.80. The van der Waals surface area contributed by atoms with Crippen LogP contribution in [0.15, 0.2) is 71.1 Å². The number of hydrogen-bond acceptors (Lipinski definition) is 8. The summed E-state index contributed by atoms with van der Waals surface area (Å²) in [5.41, 5.74) is 5.50. The van der Waals surface area contributed by atoms with Crippen LogP contribution in [0.5, 0.6) is 5.75 Å². The molecule has 0 saturated heterocycles. The fourth-order valence-electron chi connectivity index (χ4n) is 5.13.